The minimum absolute atomic E-state index is 0. The molecule has 7 heteroatoms. The third-order valence-corrected chi connectivity index (χ3v) is 4.68. The van der Waals surface area contributed by atoms with Crippen molar-refractivity contribution in [3.63, 3.8) is 0 Å². The molecule has 2 rings (SSSR count). The van der Waals surface area contributed by atoms with Crippen LogP contribution in [-0.4, -0.2) is 30.7 Å². The largest absolute Gasteiger partial charge is 0.383 e. The molecule has 0 amide bonds. The SMILES string of the molecule is CCNC(=NCC(C)(O)c1cccs1)NCCc1ccc(F)cc1.I. The zero-order valence-corrected chi connectivity index (χ0v) is 17.6. The summed E-state index contributed by atoms with van der Waals surface area (Å²) in [6.07, 6.45) is 0.770. The van der Waals surface area contributed by atoms with Gasteiger partial charge < -0.3 is 15.7 Å². The molecule has 138 valence electrons. The Kier molecular flexibility index (Phi) is 9.37. The smallest absolute Gasteiger partial charge is 0.191 e. The monoisotopic (exact) mass is 477 g/mol. The van der Waals surface area contributed by atoms with E-state index in [1.54, 1.807) is 19.1 Å². The highest BCUT2D eigenvalue weighted by atomic mass is 127. The Morgan fingerprint density at radius 1 is 1.24 bits per heavy atom. The van der Waals surface area contributed by atoms with Gasteiger partial charge in [0.05, 0.1) is 6.54 Å². The van der Waals surface area contributed by atoms with Gasteiger partial charge in [-0.3, -0.25) is 0 Å². The van der Waals surface area contributed by atoms with Gasteiger partial charge in [0.2, 0.25) is 0 Å². The Hall–Kier alpha value is -1.19. The third-order valence-electron chi connectivity index (χ3n) is 3.56. The third kappa shape index (κ3) is 7.29. The molecule has 0 fully saturated rings. The van der Waals surface area contributed by atoms with Crippen LogP contribution in [0.15, 0.2) is 46.8 Å². The summed E-state index contributed by atoms with van der Waals surface area (Å²) in [6, 6.07) is 10.3. The van der Waals surface area contributed by atoms with Gasteiger partial charge >= 0.3 is 0 Å². The average Bonchev–Trinajstić information content (AvgIpc) is 3.10. The van der Waals surface area contributed by atoms with Crippen LogP contribution in [0.4, 0.5) is 4.39 Å². The van der Waals surface area contributed by atoms with E-state index in [9.17, 15) is 9.50 Å². The topological polar surface area (TPSA) is 56.7 Å². The summed E-state index contributed by atoms with van der Waals surface area (Å²) < 4.78 is 12.9. The Bertz CT molecular complexity index is 645. The number of aliphatic imine (C=N–C) groups is 1. The molecule has 1 atom stereocenters. The van der Waals surface area contributed by atoms with Crippen LogP contribution >= 0.6 is 35.3 Å². The quantitative estimate of drug-likeness (QED) is 0.325. The number of thiophene rings is 1. The summed E-state index contributed by atoms with van der Waals surface area (Å²) in [6.45, 7) is 5.46. The van der Waals surface area contributed by atoms with E-state index >= 15 is 0 Å². The van der Waals surface area contributed by atoms with Crippen LogP contribution in [0, 0.1) is 5.82 Å². The fourth-order valence-electron chi connectivity index (χ4n) is 2.21. The molecule has 1 unspecified atom stereocenters. The minimum atomic E-state index is -0.979. The van der Waals surface area contributed by atoms with Crippen LogP contribution < -0.4 is 10.6 Å². The first kappa shape index (κ1) is 21.9. The maximum atomic E-state index is 12.9. The van der Waals surface area contributed by atoms with Crippen LogP contribution in [0.2, 0.25) is 0 Å². The number of aliphatic hydroxyl groups is 1. The van der Waals surface area contributed by atoms with Crippen LogP contribution in [0.1, 0.15) is 24.3 Å². The molecule has 1 heterocycles. The van der Waals surface area contributed by atoms with Crippen molar-refractivity contribution in [2.75, 3.05) is 19.6 Å². The lowest BCUT2D eigenvalue weighted by molar-refractivity contribution is 0.0711. The Morgan fingerprint density at radius 2 is 1.96 bits per heavy atom. The number of hydrogen-bond donors (Lipinski definition) is 3. The molecule has 3 N–H and O–H groups in total. The van der Waals surface area contributed by atoms with Gasteiger partial charge in [-0.2, -0.15) is 0 Å². The summed E-state index contributed by atoms with van der Waals surface area (Å²) >= 11 is 1.52. The molecule has 1 aromatic carbocycles. The van der Waals surface area contributed by atoms with E-state index in [0.717, 1.165) is 23.4 Å². The van der Waals surface area contributed by atoms with Crippen molar-refractivity contribution in [2.24, 2.45) is 4.99 Å². The van der Waals surface area contributed by atoms with Crippen molar-refractivity contribution < 1.29 is 9.50 Å². The predicted molar refractivity (Wildman–Crippen MR) is 113 cm³/mol. The van der Waals surface area contributed by atoms with E-state index in [1.165, 1.54) is 23.5 Å². The molecule has 2 aromatic rings. The molecule has 25 heavy (non-hydrogen) atoms. The van der Waals surface area contributed by atoms with E-state index in [2.05, 4.69) is 15.6 Å². The molecule has 0 saturated heterocycles. The summed E-state index contributed by atoms with van der Waals surface area (Å²) in [5.74, 6) is 0.439. The van der Waals surface area contributed by atoms with Crippen LogP contribution in [0.25, 0.3) is 0 Å². The number of guanidine groups is 1. The highest BCUT2D eigenvalue weighted by molar-refractivity contribution is 14.0. The van der Waals surface area contributed by atoms with Gasteiger partial charge in [0, 0.05) is 18.0 Å². The number of halogens is 2. The van der Waals surface area contributed by atoms with Gasteiger partial charge in [0.1, 0.15) is 11.4 Å². The van der Waals surface area contributed by atoms with Gasteiger partial charge in [-0.15, -0.1) is 35.3 Å². The molecular weight excluding hydrogens is 452 g/mol. The van der Waals surface area contributed by atoms with E-state index < -0.39 is 5.60 Å². The predicted octanol–water partition coefficient (Wildman–Crippen LogP) is 3.51. The van der Waals surface area contributed by atoms with Crippen molar-refractivity contribution in [1.29, 1.82) is 0 Å². The van der Waals surface area contributed by atoms with Crippen LogP contribution in [-0.2, 0) is 12.0 Å². The summed E-state index contributed by atoms with van der Waals surface area (Å²) in [5, 5.41) is 18.9. The summed E-state index contributed by atoms with van der Waals surface area (Å²) in [7, 11) is 0. The van der Waals surface area contributed by atoms with Gasteiger partial charge in [0.15, 0.2) is 5.96 Å². The first-order chi connectivity index (χ1) is 11.5. The standard InChI is InChI=1S/C18H24FN3OS.HI/c1-3-20-17(21-11-10-14-6-8-15(19)9-7-14)22-13-18(2,23)16-5-4-12-24-16;/h4-9,12,23H,3,10-11,13H2,1-2H3,(H2,20,21,22);1H. The van der Waals surface area contributed by atoms with Crippen molar-refractivity contribution in [3.05, 3.63) is 58.0 Å². The molecule has 1 aromatic heterocycles. The maximum absolute atomic E-state index is 12.9. The molecular formula is C18H25FIN3OS. The lowest BCUT2D eigenvalue weighted by Crippen LogP contribution is -2.39. The summed E-state index contributed by atoms with van der Waals surface area (Å²) in [5.41, 5.74) is 0.0818. The van der Waals surface area contributed by atoms with E-state index in [4.69, 9.17) is 0 Å². The normalized spacial score (nSPS) is 13.7. The molecule has 0 radical (unpaired) electrons. The Balaban J connectivity index is 0.00000312. The number of nitrogens with one attached hydrogen (secondary N) is 2. The molecule has 0 saturated carbocycles. The molecule has 0 bridgehead atoms. The Morgan fingerprint density at radius 3 is 2.56 bits per heavy atom. The fraction of sp³-hybridized carbons (Fsp3) is 0.389. The average molecular weight is 477 g/mol. The van der Waals surface area contributed by atoms with E-state index in [1.807, 2.05) is 24.4 Å². The lowest BCUT2D eigenvalue weighted by atomic mass is 10.1. The maximum Gasteiger partial charge on any atom is 0.191 e. The van der Waals surface area contributed by atoms with E-state index in [0.29, 0.717) is 12.5 Å². The van der Waals surface area contributed by atoms with E-state index in [-0.39, 0.29) is 36.3 Å². The fourth-order valence-corrected chi connectivity index (χ4v) is 2.99. The van der Waals surface area contributed by atoms with Gasteiger partial charge in [0.25, 0.3) is 0 Å². The second-order valence-electron chi connectivity index (χ2n) is 5.75. The zero-order valence-electron chi connectivity index (χ0n) is 14.5. The molecule has 0 aliphatic rings. The number of nitrogens with zero attached hydrogens (tertiary/aromatic N) is 1. The van der Waals surface area contributed by atoms with Crippen molar-refractivity contribution in [1.82, 2.24) is 10.6 Å². The zero-order chi connectivity index (χ0) is 17.4. The highest BCUT2D eigenvalue weighted by Gasteiger charge is 2.23. The highest BCUT2D eigenvalue weighted by Crippen LogP contribution is 2.25. The van der Waals surface area contributed by atoms with Gasteiger partial charge in [-0.1, -0.05) is 18.2 Å². The van der Waals surface area contributed by atoms with Crippen LogP contribution in [0.5, 0.6) is 0 Å². The molecule has 0 aliphatic carbocycles. The second-order valence-corrected chi connectivity index (χ2v) is 6.70. The van der Waals surface area contributed by atoms with Crippen LogP contribution in [0.3, 0.4) is 0 Å². The molecule has 0 aliphatic heterocycles. The number of hydrogen-bond acceptors (Lipinski definition) is 3. The van der Waals surface area contributed by atoms with Crippen molar-refractivity contribution in [2.45, 2.75) is 25.9 Å². The molecule has 4 nitrogen and oxygen atoms in total. The lowest BCUT2D eigenvalue weighted by Gasteiger charge is -2.20. The Labute approximate surface area is 169 Å². The minimum Gasteiger partial charge on any atom is -0.383 e. The molecule has 0 spiro atoms. The number of rotatable bonds is 7. The number of benzene rings is 1. The van der Waals surface area contributed by atoms with Gasteiger partial charge in [-0.25, -0.2) is 9.38 Å². The van der Waals surface area contributed by atoms with Crippen molar-refractivity contribution in [3.8, 4) is 0 Å². The first-order valence-electron chi connectivity index (χ1n) is 8.04. The van der Waals surface area contributed by atoms with Gasteiger partial charge in [-0.05, 0) is 49.4 Å². The van der Waals surface area contributed by atoms with Crippen molar-refractivity contribution >= 4 is 41.3 Å². The second kappa shape index (κ2) is 10.7. The summed E-state index contributed by atoms with van der Waals surface area (Å²) in [4.78, 5) is 5.37. The first-order valence-corrected chi connectivity index (χ1v) is 8.92.